The van der Waals surface area contributed by atoms with Crippen LogP contribution in [-0.4, -0.2) is 34.5 Å². The van der Waals surface area contributed by atoms with E-state index in [9.17, 15) is 15.0 Å². The van der Waals surface area contributed by atoms with Crippen LogP contribution in [0.5, 0.6) is 0 Å². The molecule has 112 valence electrons. The maximum atomic E-state index is 11.3. The van der Waals surface area contributed by atoms with Gasteiger partial charge in [0.1, 0.15) is 6.10 Å². The summed E-state index contributed by atoms with van der Waals surface area (Å²) in [5, 5.41) is 20.3. The first-order valence-electron chi connectivity index (χ1n) is 7.89. The topological polar surface area (TPSA) is 66.8 Å². The van der Waals surface area contributed by atoms with E-state index in [1.807, 2.05) is 12.2 Å². The molecule has 3 fully saturated rings. The van der Waals surface area contributed by atoms with Crippen molar-refractivity contribution in [2.24, 2.45) is 17.8 Å². The quantitative estimate of drug-likeness (QED) is 0.611. The van der Waals surface area contributed by atoms with Crippen molar-refractivity contribution in [3.8, 4) is 0 Å². The third kappa shape index (κ3) is 2.77. The molecule has 20 heavy (non-hydrogen) atoms. The molecular weight excluding hydrogens is 256 g/mol. The molecule has 1 saturated heterocycles. The lowest BCUT2D eigenvalue weighted by Gasteiger charge is -2.25. The van der Waals surface area contributed by atoms with E-state index in [4.69, 9.17) is 4.74 Å². The molecule has 0 spiro atoms. The Morgan fingerprint density at radius 2 is 2.00 bits per heavy atom. The van der Waals surface area contributed by atoms with E-state index >= 15 is 0 Å². The number of aliphatic hydroxyl groups excluding tert-OH is 2. The zero-order valence-corrected chi connectivity index (χ0v) is 11.8. The van der Waals surface area contributed by atoms with Crippen LogP contribution < -0.4 is 0 Å². The van der Waals surface area contributed by atoms with E-state index in [1.54, 1.807) is 0 Å². The van der Waals surface area contributed by atoms with Gasteiger partial charge >= 0.3 is 5.97 Å². The average Bonchev–Trinajstić information content (AvgIpc) is 2.92. The van der Waals surface area contributed by atoms with Gasteiger partial charge in [-0.1, -0.05) is 31.4 Å². The van der Waals surface area contributed by atoms with Crippen LogP contribution in [0.3, 0.4) is 0 Å². The number of hydrogen-bond donors (Lipinski definition) is 2. The molecule has 4 nitrogen and oxygen atoms in total. The molecular formula is C16H24O4. The maximum Gasteiger partial charge on any atom is 0.306 e. The van der Waals surface area contributed by atoms with Crippen molar-refractivity contribution in [2.75, 3.05) is 0 Å². The molecule has 0 amide bonds. The van der Waals surface area contributed by atoms with Crippen LogP contribution in [0, 0.1) is 17.8 Å². The lowest BCUT2D eigenvalue weighted by atomic mass is 9.84. The summed E-state index contributed by atoms with van der Waals surface area (Å²) in [6, 6.07) is 0. The Hall–Kier alpha value is -0.870. The second-order valence-electron chi connectivity index (χ2n) is 6.55. The molecule has 0 aromatic rings. The third-order valence-corrected chi connectivity index (χ3v) is 5.24. The predicted molar refractivity (Wildman–Crippen MR) is 73.8 cm³/mol. The van der Waals surface area contributed by atoms with Gasteiger partial charge in [-0.25, -0.2) is 0 Å². The van der Waals surface area contributed by atoms with Crippen LogP contribution in [0.1, 0.15) is 44.9 Å². The summed E-state index contributed by atoms with van der Waals surface area (Å²) in [5.41, 5.74) is 0. The zero-order valence-electron chi connectivity index (χ0n) is 11.8. The standard InChI is InChI=1S/C16H24O4/c17-13(10-4-2-1-3-5-10)7-6-11-12-8-16(19)20-15(12)9-14(11)18/h6-7,10-15,17-18H,1-5,8-9H2/b7-6+/t11-,12-,13-,14-,15+/m1/s1. The van der Waals surface area contributed by atoms with Crippen LogP contribution in [0.2, 0.25) is 0 Å². The van der Waals surface area contributed by atoms with E-state index in [-0.39, 0.29) is 23.9 Å². The molecule has 0 bridgehead atoms. The number of aliphatic hydroxyl groups is 2. The normalized spacial score (nSPS) is 40.0. The molecule has 5 atom stereocenters. The molecule has 2 saturated carbocycles. The van der Waals surface area contributed by atoms with Gasteiger partial charge in [0.05, 0.1) is 18.6 Å². The number of fused-ring (bicyclic) bond motifs is 1. The van der Waals surface area contributed by atoms with Gasteiger partial charge in [0.2, 0.25) is 0 Å². The number of rotatable bonds is 3. The minimum absolute atomic E-state index is 0.0512. The van der Waals surface area contributed by atoms with E-state index < -0.39 is 12.2 Å². The summed E-state index contributed by atoms with van der Waals surface area (Å²) in [6.07, 6.45) is 9.57. The molecule has 0 unspecified atom stereocenters. The highest BCUT2D eigenvalue weighted by Gasteiger charge is 2.48. The number of esters is 1. The van der Waals surface area contributed by atoms with Gasteiger partial charge in [-0.15, -0.1) is 0 Å². The van der Waals surface area contributed by atoms with Crippen LogP contribution in [-0.2, 0) is 9.53 Å². The number of hydrogen-bond acceptors (Lipinski definition) is 4. The first-order valence-corrected chi connectivity index (χ1v) is 7.89. The Bertz CT molecular complexity index is 386. The molecule has 1 heterocycles. The zero-order chi connectivity index (χ0) is 14.1. The molecule has 2 aliphatic carbocycles. The molecule has 3 aliphatic rings. The Morgan fingerprint density at radius 3 is 2.75 bits per heavy atom. The summed E-state index contributed by atoms with van der Waals surface area (Å²) in [7, 11) is 0. The van der Waals surface area contributed by atoms with Crippen molar-refractivity contribution in [2.45, 2.75) is 63.3 Å². The number of ether oxygens (including phenoxy) is 1. The van der Waals surface area contributed by atoms with Gasteiger partial charge in [-0.2, -0.15) is 0 Å². The van der Waals surface area contributed by atoms with Crippen LogP contribution in [0.25, 0.3) is 0 Å². The van der Waals surface area contributed by atoms with Crippen molar-refractivity contribution in [1.29, 1.82) is 0 Å². The Kier molecular flexibility index (Phi) is 4.13. The number of carbonyl (C=O) groups is 1. The van der Waals surface area contributed by atoms with Gasteiger partial charge in [0.15, 0.2) is 0 Å². The fourth-order valence-electron chi connectivity index (χ4n) is 4.06. The molecule has 4 heteroatoms. The second-order valence-corrected chi connectivity index (χ2v) is 6.55. The Morgan fingerprint density at radius 1 is 1.25 bits per heavy atom. The largest absolute Gasteiger partial charge is 0.462 e. The van der Waals surface area contributed by atoms with Gasteiger partial charge < -0.3 is 14.9 Å². The van der Waals surface area contributed by atoms with Gasteiger partial charge in [-0.05, 0) is 18.8 Å². The van der Waals surface area contributed by atoms with Crippen molar-refractivity contribution >= 4 is 5.97 Å². The van der Waals surface area contributed by atoms with E-state index in [2.05, 4.69) is 0 Å². The summed E-state index contributed by atoms with van der Waals surface area (Å²) < 4.78 is 5.21. The van der Waals surface area contributed by atoms with Crippen LogP contribution in [0.4, 0.5) is 0 Å². The second kappa shape index (κ2) is 5.86. The lowest BCUT2D eigenvalue weighted by molar-refractivity contribution is -0.141. The Balaban J connectivity index is 1.61. The first kappa shape index (κ1) is 14.1. The predicted octanol–water partition coefficient (Wildman–Crippen LogP) is 1.80. The highest BCUT2D eigenvalue weighted by atomic mass is 16.6. The molecule has 2 N–H and O–H groups in total. The van der Waals surface area contributed by atoms with E-state index in [1.165, 1.54) is 19.3 Å². The highest BCUT2D eigenvalue weighted by Crippen LogP contribution is 2.42. The molecule has 0 radical (unpaired) electrons. The van der Waals surface area contributed by atoms with Crippen LogP contribution >= 0.6 is 0 Å². The van der Waals surface area contributed by atoms with Gasteiger partial charge in [-0.3, -0.25) is 4.79 Å². The molecule has 0 aromatic carbocycles. The monoisotopic (exact) mass is 280 g/mol. The molecule has 1 aliphatic heterocycles. The molecule has 3 rings (SSSR count). The fourth-order valence-corrected chi connectivity index (χ4v) is 4.06. The smallest absolute Gasteiger partial charge is 0.306 e. The van der Waals surface area contributed by atoms with E-state index in [0.29, 0.717) is 18.8 Å². The van der Waals surface area contributed by atoms with Gasteiger partial charge in [0.25, 0.3) is 0 Å². The molecule has 0 aromatic heterocycles. The summed E-state index contributed by atoms with van der Waals surface area (Å²) in [6.45, 7) is 0. The summed E-state index contributed by atoms with van der Waals surface area (Å²) >= 11 is 0. The van der Waals surface area contributed by atoms with Crippen molar-refractivity contribution < 1.29 is 19.7 Å². The fraction of sp³-hybridized carbons (Fsp3) is 0.812. The minimum Gasteiger partial charge on any atom is -0.462 e. The number of carbonyl (C=O) groups excluding carboxylic acids is 1. The minimum atomic E-state index is -0.451. The summed E-state index contributed by atoms with van der Waals surface area (Å²) in [4.78, 5) is 11.3. The lowest BCUT2D eigenvalue weighted by Crippen LogP contribution is -2.22. The Labute approximate surface area is 119 Å². The SMILES string of the molecule is O=C1C[C@@H]2[C@@H](/C=C/[C@@H](O)C3CCCCC3)[C@H](O)C[C@@H]2O1. The van der Waals surface area contributed by atoms with E-state index in [0.717, 1.165) is 12.8 Å². The van der Waals surface area contributed by atoms with Crippen molar-refractivity contribution in [3.63, 3.8) is 0 Å². The van der Waals surface area contributed by atoms with Gasteiger partial charge in [0, 0.05) is 18.3 Å². The van der Waals surface area contributed by atoms with Crippen molar-refractivity contribution in [3.05, 3.63) is 12.2 Å². The average molecular weight is 280 g/mol. The van der Waals surface area contributed by atoms with Crippen molar-refractivity contribution in [1.82, 2.24) is 0 Å². The summed E-state index contributed by atoms with van der Waals surface area (Å²) in [5.74, 6) is 0.242. The first-order chi connectivity index (χ1) is 9.65. The third-order valence-electron chi connectivity index (χ3n) is 5.24. The highest BCUT2D eigenvalue weighted by molar-refractivity contribution is 5.72. The maximum absolute atomic E-state index is 11.3. The van der Waals surface area contributed by atoms with Crippen LogP contribution in [0.15, 0.2) is 12.2 Å².